The fraction of sp³-hybridized carbons (Fsp3) is 0.429. The summed E-state index contributed by atoms with van der Waals surface area (Å²) in [5, 5.41) is 12.4. The van der Waals surface area contributed by atoms with Crippen LogP contribution in [0.1, 0.15) is 29.4 Å². The molecule has 7 rings (SSSR count). The van der Waals surface area contributed by atoms with Gasteiger partial charge in [0.15, 0.2) is 0 Å². The minimum absolute atomic E-state index is 0.0169. The second-order valence-corrected chi connectivity index (χ2v) is 9.28. The third-order valence-corrected chi connectivity index (χ3v) is 7.47. The Morgan fingerprint density at radius 3 is 2.89 bits per heavy atom. The van der Waals surface area contributed by atoms with E-state index in [1.165, 1.54) is 12.8 Å². The molecule has 0 saturated carbocycles. The molecule has 3 saturated heterocycles. The van der Waals surface area contributed by atoms with Gasteiger partial charge in [0.1, 0.15) is 10.7 Å². The number of aromatic nitrogens is 1. The normalized spacial score (nSPS) is 26.8. The van der Waals surface area contributed by atoms with Gasteiger partial charge in [-0.2, -0.15) is 0 Å². The summed E-state index contributed by atoms with van der Waals surface area (Å²) in [5.41, 5.74) is 1.96. The highest BCUT2D eigenvalue weighted by atomic mass is 32.1. The van der Waals surface area contributed by atoms with E-state index in [-0.39, 0.29) is 11.9 Å². The van der Waals surface area contributed by atoms with Crippen molar-refractivity contribution >= 4 is 49.7 Å². The Kier molecular flexibility index (Phi) is 3.58. The van der Waals surface area contributed by atoms with Gasteiger partial charge in [-0.05, 0) is 44.0 Å². The molecule has 1 aromatic carbocycles. The Balaban J connectivity index is 1.48. The van der Waals surface area contributed by atoms with Gasteiger partial charge in [0.05, 0.1) is 11.2 Å². The van der Waals surface area contributed by atoms with E-state index in [4.69, 9.17) is 4.98 Å². The van der Waals surface area contributed by atoms with Crippen LogP contribution in [0.5, 0.6) is 0 Å². The number of pyridine rings is 1. The number of nitrogens with zero attached hydrogens (tertiary/aromatic N) is 2. The van der Waals surface area contributed by atoms with Crippen LogP contribution in [-0.4, -0.2) is 48.7 Å². The molecule has 0 spiro atoms. The van der Waals surface area contributed by atoms with E-state index in [1.54, 1.807) is 11.3 Å². The molecule has 3 N–H and O–H groups in total. The molecule has 3 aromatic rings. The fourth-order valence-corrected chi connectivity index (χ4v) is 5.96. The molecule has 7 heteroatoms. The van der Waals surface area contributed by atoms with Crippen LogP contribution < -0.4 is 20.9 Å². The number of nitrogens with one attached hydrogen (secondary N) is 3. The predicted molar refractivity (Wildman–Crippen MR) is 115 cm³/mol. The van der Waals surface area contributed by atoms with Crippen molar-refractivity contribution in [1.29, 1.82) is 0 Å². The number of carbonyl (C=O) groups excluding carboxylic acids is 1. The number of hydrogen-bond acceptors (Lipinski definition) is 6. The van der Waals surface area contributed by atoms with E-state index in [2.05, 4.69) is 45.1 Å². The van der Waals surface area contributed by atoms with Crippen LogP contribution in [-0.2, 0) is 0 Å². The van der Waals surface area contributed by atoms with Crippen LogP contribution in [0.2, 0.25) is 0 Å². The molecule has 1 unspecified atom stereocenters. The first-order chi connectivity index (χ1) is 13.7. The molecule has 6 nitrogen and oxygen atoms in total. The number of carbonyl (C=O) groups is 1. The van der Waals surface area contributed by atoms with Crippen LogP contribution in [0.3, 0.4) is 0 Å². The molecule has 4 aliphatic heterocycles. The average Bonchev–Trinajstić information content (AvgIpc) is 3.05. The largest absolute Gasteiger partial charge is 0.381 e. The van der Waals surface area contributed by atoms with Crippen LogP contribution in [0.4, 0.5) is 11.5 Å². The van der Waals surface area contributed by atoms with Crippen molar-refractivity contribution in [3.8, 4) is 0 Å². The standard InChI is InChI=1S/C21H23N5OS/c1-11-8-23-19-18-14-4-7-17(26-10-12-2-3-13(26)9-22-12)25-15(14)5-6-16(18)28-20(19)21(27)24-11/h4-7,11-13,22-23H,2-3,8-10H2,1H3,(H,24,27)/t11-,12-,13?/m1/s1. The molecule has 0 aliphatic carbocycles. The van der Waals surface area contributed by atoms with Crippen LogP contribution >= 0.6 is 11.3 Å². The molecule has 0 radical (unpaired) electrons. The molecular weight excluding hydrogens is 370 g/mol. The van der Waals surface area contributed by atoms with Crippen molar-refractivity contribution in [2.45, 2.75) is 37.9 Å². The van der Waals surface area contributed by atoms with Gasteiger partial charge in [0, 0.05) is 53.2 Å². The maximum atomic E-state index is 12.6. The number of piperazine rings is 1. The van der Waals surface area contributed by atoms with Crippen molar-refractivity contribution in [2.75, 3.05) is 29.9 Å². The van der Waals surface area contributed by atoms with Crippen LogP contribution in [0, 0.1) is 0 Å². The summed E-state index contributed by atoms with van der Waals surface area (Å²) in [7, 11) is 0. The van der Waals surface area contributed by atoms with Crippen molar-refractivity contribution < 1.29 is 4.79 Å². The van der Waals surface area contributed by atoms with Gasteiger partial charge in [0.25, 0.3) is 5.91 Å². The quantitative estimate of drug-likeness (QED) is 0.593. The van der Waals surface area contributed by atoms with Crippen molar-refractivity contribution in [3.63, 3.8) is 0 Å². The van der Waals surface area contributed by atoms with E-state index < -0.39 is 0 Å². The number of anilines is 2. The summed E-state index contributed by atoms with van der Waals surface area (Å²) in [6.45, 7) is 4.85. The highest BCUT2D eigenvalue weighted by Gasteiger charge is 2.34. The molecule has 4 aliphatic rings. The molecule has 2 bridgehead atoms. The number of amides is 1. The summed E-state index contributed by atoms with van der Waals surface area (Å²) in [6, 6.07) is 9.80. The number of fused-ring (bicyclic) bond motifs is 8. The first kappa shape index (κ1) is 16.6. The predicted octanol–water partition coefficient (Wildman–Crippen LogP) is 2.93. The Morgan fingerprint density at radius 1 is 1.18 bits per heavy atom. The minimum Gasteiger partial charge on any atom is -0.381 e. The van der Waals surface area contributed by atoms with Gasteiger partial charge in [-0.25, -0.2) is 4.98 Å². The third kappa shape index (κ3) is 2.42. The number of thiophene rings is 1. The molecule has 1 amide bonds. The smallest absolute Gasteiger partial charge is 0.263 e. The van der Waals surface area contributed by atoms with Gasteiger partial charge >= 0.3 is 0 Å². The average molecular weight is 394 g/mol. The summed E-state index contributed by atoms with van der Waals surface area (Å²) in [5.74, 6) is 1.09. The van der Waals surface area contributed by atoms with Crippen molar-refractivity contribution in [3.05, 3.63) is 29.1 Å². The topological polar surface area (TPSA) is 69.3 Å². The molecule has 3 fully saturated rings. The highest BCUT2D eigenvalue weighted by Crippen LogP contribution is 2.41. The first-order valence-corrected chi connectivity index (χ1v) is 10.9. The Bertz CT molecular complexity index is 1100. The zero-order valence-electron chi connectivity index (χ0n) is 15.8. The van der Waals surface area contributed by atoms with Crippen molar-refractivity contribution in [1.82, 2.24) is 15.6 Å². The zero-order chi connectivity index (χ0) is 18.8. The lowest BCUT2D eigenvalue weighted by atomic mass is 9.93. The zero-order valence-corrected chi connectivity index (χ0v) is 16.6. The fourth-order valence-electron chi connectivity index (χ4n) is 4.86. The van der Waals surface area contributed by atoms with Crippen molar-refractivity contribution in [2.24, 2.45) is 0 Å². The van der Waals surface area contributed by atoms with Gasteiger partial charge in [-0.3, -0.25) is 4.79 Å². The minimum atomic E-state index is 0.0169. The highest BCUT2D eigenvalue weighted by molar-refractivity contribution is 7.21. The number of rotatable bonds is 1. The van der Waals surface area contributed by atoms with Gasteiger partial charge in [0.2, 0.25) is 0 Å². The number of hydrogen-bond donors (Lipinski definition) is 3. The summed E-state index contributed by atoms with van der Waals surface area (Å²) >= 11 is 1.56. The van der Waals surface area contributed by atoms with Gasteiger partial charge in [-0.15, -0.1) is 11.3 Å². The van der Waals surface area contributed by atoms with E-state index in [0.29, 0.717) is 12.1 Å². The Hall–Kier alpha value is -2.38. The number of piperidine rings is 2. The van der Waals surface area contributed by atoms with E-state index >= 15 is 0 Å². The maximum Gasteiger partial charge on any atom is 0.263 e. The molecule has 144 valence electrons. The van der Waals surface area contributed by atoms with E-state index in [9.17, 15) is 4.79 Å². The first-order valence-electron chi connectivity index (χ1n) is 10.1. The van der Waals surface area contributed by atoms with E-state index in [1.807, 2.05) is 6.92 Å². The monoisotopic (exact) mass is 393 g/mol. The molecule has 6 heterocycles. The lowest BCUT2D eigenvalue weighted by Crippen LogP contribution is -2.61. The maximum absolute atomic E-state index is 12.6. The summed E-state index contributed by atoms with van der Waals surface area (Å²) < 4.78 is 1.13. The Labute approximate surface area is 167 Å². The number of benzene rings is 1. The van der Waals surface area contributed by atoms with Crippen LogP contribution in [0.15, 0.2) is 24.3 Å². The molecule has 28 heavy (non-hydrogen) atoms. The molecular formula is C21H23N5OS. The third-order valence-electron chi connectivity index (χ3n) is 6.32. The lowest BCUT2D eigenvalue weighted by molar-refractivity contribution is 0.0949. The SMILES string of the molecule is C[C@@H]1CNc2c(sc3ccc4nc(N5C[C@H]6CCC5CN6)ccc4c23)C(=O)N1. The van der Waals surface area contributed by atoms with Crippen LogP contribution in [0.25, 0.3) is 21.0 Å². The second kappa shape index (κ2) is 6.06. The summed E-state index contributed by atoms with van der Waals surface area (Å²) in [4.78, 5) is 20.9. The summed E-state index contributed by atoms with van der Waals surface area (Å²) in [6.07, 6.45) is 2.51. The second-order valence-electron chi connectivity index (χ2n) is 8.23. The molecule has 3 atom stereocenters. The van der Waals surface area contributed by atoms with Gasteiger partial charge < -0.3 is 20.9 Å². The van der Waals surface area contributed by atoms with E-state index in [0.717, 1.165) is 57.0 Å². The lowest BCUT2D eigenvalue weighted by Gasteiger charge is -2.46. The molecule has 2 aromatic heterocycles. The Morgan fingerprint density at radius 2 is 2.11 bits per heavy atom. The van der Waals surface area contributed by atoms with Gasteiger partial charge in [-0.1, -0.05) is 0 Å².